The molecule has 0 aliphatic rings. The fourth-order valence-electron chi connectivity index (χ4n) is 0.649. The van der Waals surface area contributed by atoms with E-state index >= 15 is 0 Å². The maximum atomic E-state index is 11.2. The Bertz CT molecular complexity index is 142. The Kier molecular flexibility index (Phi) is 5.50. The normalized spacial score (nSPS) is 11.3. The summed E-state index contributed by atoms with van der Waals surface area (Å²) in [6.45, 7) is 4.42. The molecule has 0 aliphatic carbocycles. The van der Waals surface area contributed by atoms with Crippen LogP contribution in [0.4, 0.5) is 0 Å². The van der Waals surface area contributed by atoms with Crippen LogP contribution < -0.4 is 5.32 Å². The van der Waals surface area contributed by atoms with Gasteiger partial charge in [0.25, 0.3) is 0 Å². The summed E-state index contributed by atoms with van der Waals surface area (Å²) in [6, 6.07) is 0. The molecule has 0 aromatic heterocycles. The van der Waals surface area contributed by atoms with E-state index in [2.05, 4.69) is 21.2 Å². The highest BCUT2D eigenvalue weighted by Gasteiger charge is 2.22. The van der Waals surface area contributed by atoms with E-state index in [1.165, 1.54) is 0 Å². The van der Waals surface area contributed by atoms with Crippen molar-refractivity contribution in [1.29, 1.82) is 0 Å². The Morgan fingerprint density at radius 3 is 2.50 bits per heavy atom. The summed E-state index contributed by atoms with van der Waals surface area (Å²) >= 11 is 3.25. The minimum absolute atomic E-state index is 0.0135. The maximum absolute atomic E-state index is 11.2. The standard InChI is InChI=1S/C8H16BrNO2/c1-8(2,9)7(12)10-5-3-4-6-11/h11H,3-6H2,1-2H3,(H,10,12). The third-order valence-corrected chi connectivity index (χ3v) is 1.77. The van der Waals surface area contributed by atoms with E-state index in [-0.39, 0.29) is 12.5 Å². The summed E-state index contributed by atoms with van der Waals surface area (Å²) in [4.78, 5) is 11.2. The smallest absolute Gasteiger partial charge is 0.236 e. The highest BCUT2D eigenvalue weighted by Crippen LogP contribution is 2.14. The summed E-state index contributed by atoms with van der Waals surface area (Å²) in [7, 11) is 0. The molecule has 72 valence electrons. The predicted molar refractivity (Wildman–Crippen MR) is 52.3 cm³/mol. The Labute approximate surface area is 81.7 Å². The van der Waals surface area contributed by atoms with Crippen LogP contribution >= 0.6 is 15.9 Å². The predicted octanol–water partition coefficient (Wildman–Crippen LogP) is 1.05. The van der Waals surface area contributed by atoms with Gasteiger partial charge >= 0.3 is 0 Å². The number of carbonyl (C=O) groups excluding carboxylic acids is 1. The molecule has 3 nitrogen and oxygen atoms in total. The molecule has 0 heterocycles. The van der Waals surface area contributed by atoms with Crippen molar-refractivity contribution in [2.24, 2.45) is 0 Å². The van der Waals surface area contributed by atoms with Gasteiger partial charge < -0.3 is 10.4 Å². The second kappa shape index (κ2) is 5.54. The first-order chi connectivity index (χ1) is 5.48. The Balaban J connectivity index is 3.45. The van der Waals surface area contributed by atoms with E-state index in [9.17, 15) is 4.79 Å². The average Bonchev–Trinajstić information content (AvgIpc) is 1.96. The number of halogens is 1. The minimum Gasteiger partial charge on any atom is -0.396 e. The molecule has 0 atom stereocenters. The molecule has 0 fully saturated rings. The van der Waals surface area contributed by atoms with Gasteiger partial charge in [-0.2, -0.15) is 0 Å². The molecule has 0 aromatic carbocycles. The lowest BCUT2D eigenvalue weighted by Crippen LogP contribution is -2.37. The van der Waals surface area contributed by atoms with Crippen LogP contribution in [0.2, 0.25) is 0 Å². The van der Waals surface area contributed by atoms with Crippen molar-refractivity contribution < 1.29 is 9.90 Å². The summed E-state index contributed by atoms with van der Waals surface area (Å²) < 4.78 is -0.494. The zero-order chi connectivity index (χ0) is 9.61. The van der Waals surface area contributed by atoms with Gasteiger partial charge in [-0.25, -0.2) is 0 Å². The van der Waals surface area contributed by atoms with Crippen LogP contribution in [-0.4, -0.2) is 28.5 Å². The lowest BCUT2D eigenvalue weighted by atomic mass is 10.2. The van der Waals surface area contributed by atoms with E-state index < -0.39 is 4.32 Å². The van der Waals surface area contributed by atoms with Crippen LogP contribution in [0.1, 0.15) is 26.7 Å². The van der Waals surface area contributed by atoms with Crippen LogP contribution in [0.3, 0.4) is 0 Å². The van der Waals surface area contributed by atoms with Crippen LogP contribution in [0, 0.1) is 0 Å². The molecule has 0 saturated carbocycles. The topological polar surface area (TPSA) is 49.3 Å². The van der Waals surface area contributed by atoms with Crippen LogP contribution in [-0.2, 0) is 4.79 Å². The van der Waals surface area contributed by atoms with Gasteiger partial charge in [0.1, 0.15) is 0 Å². The number of rotatable bonds is 5. The summed E-state index contributed by atoms with van der Waals surface area (Å²) in [5.41, 5.74) is 0. The number of carbonyl (C=O) groups is 1. The molecule has 0 bridgehead atoms. The van der Waals surface area contributed by atoms with Crippen LogP contribution in [0.5, 0.6) is 0 Å². The number of aliphatic hydroxyl groups excluding tert-OH is 1. The third kappa shape index (κ3) is 5.55. The second-order valence-electron chi connectivity index (χ2n) is 3.16. The molecule has 0 rings (SSSR count). The number of nitrogens with one attached hydrogen (secondary N) is 1. The molecule has 0 saturated heterocycles. The van der Waals surface area contributed by atoms with Crippen LogP contribution in [0.15, 0.2) is 0 Å². The number of hydrogen-bond acceptors (Lipinski definition) is 2. The molecule has 4 heteroatoms. The van der Waals surface area contributed by atoms with Crippen molar-refractivity contribution in [3.63, 3.8) is 0 Å². The summed E-state index contributed by atoms with van der Waals surface area (Å²) in [5.74, 6) is -0.0135. The lowest BCUT2D eigenvalue weighted by Gasteiger charge is -2.15. The number of amides is 1. The molecule has 1 amide bonds. The number of aliphatic hydroxyl groups is 1. The average molecular weight is 238 g/mol. The Morgan fingerprint density at radius 2 is 2.08 bits per heavy atom. The first-order valence-electron chi connectivity index (χ1n) is 4.06. The van der Waals surface area contributed by atoms with Gasteiger partial charge in [0.05, 0.1) is 4.32 Å². The lowest BCUT2D eigenvalue weighted by molar-refractivity contribution is -0.122. The second-order valence-corrected chi connectivity index (χ2v) is 5.14. The number of hydrogen-bond donors (Lipinski definition) is 2. The van der Waals surface area contributed by atoms with Crippen molar-refractivity contribution in [2.45, 2.75) is 31.0 Å². The zero-order valence-electron chi connectivity index (χ0n) is 7.56. The minimum atomic E-state index is -0.494. The summed E-state index contributed by atoms with van der Waals surface area (Å²) in [5, 5.41) is 11.2. The van der Waals surface area contributed by atoms with Crippen LogP contribution in [0.25, 0.3) is 0 Å². The molecular formula is C8H16BrNO2. The van der Waals surface area contributed by atoms with E-state index in [0.717, 1.165) is 12.8 Å². The van der Waals surface area contributed by atoms with Crippen molar-refractivity contribution >= 4 is 21.8 Å². The van der Waals surface area contributed by atoms with E-state index in [4.69, 9.17) is 5.11 Å². The SMILES string of the molecule is CC(C)(Br)C(=O)NCCCCO. The monoisotopic (exact) mass is 237 g/mol. The first-order valence-corrected chi connectivity index (χ1v) is 4.86. The van der Waals surface area contributed by atoms with Crippen molar-refractivity contribution in [1.82, 2.24) is 5.32 Å². The van der Waals surface area contributed by atoms with E-state index in [1.807, 2.05) is 0 Å². The highest BCUT2D eigenvalue weighted by molar-refractivity contribution is 9.10. The van der Waals surface area contributed by atoms with Crippen molar-refractivity contribution in [3.8, 4) is 0 Å². The zero-order valence-corrected chi connectivity index (χ0v) is 9.15. The molecule has 0 radical (unpaired) electrons. The van der Waals surface area contributed by atoms with Gasteiger partial charge in [-0.05, 0) is 26.7 Å². The third-order valence-electron chi connectivity index (χ3n) is 1.41. The van der Waals surface area contributed by atoms with E-state index in [1.54, 1.807) is 13.8 Å². The Hall–Kier alpha value is -0.0900. The van der Waals surface area contributed by atoms with Gasteiger partial charge in [-0.1, -0.05) is 15.9 Å². The fraction of sp³-hybridized carbons (Fsp3) is 0.875. The largest absolute Gasteiger partial charge is 0.396 e. The van der Waals surface area contributed by atoms with Crippen molar-refractivity contribution in [3.05, 3.63) is 0 Å². The Morgan fingerprint density at radius 1 is 1.50 bits per heavy atom. The molecule has 0 aliphatic heterocycles. The molecule has 0 unspecified atom stereocenters. The molecular weight excluding hydrogens is 222 g/mol. The highest BCUT2D eigenvalue weighted by atomic mass is 79.9. The molecule has 0 aromatic rings. The van der Waals surface area contributed by atoms with Gasteiger partial charge in [-0.15, -0.1) is 0 Å². The van der Waals surface area contributed by atoms with Gasteiger partial charge in [0.2, 0.25) is 5.91 Å². The number of unbranched alkanes of at least 4 members (excludes halogenated alkanes) is 1. The molecule has 12 heavy (non-hydrogen) atoms. The first kappa shape index (κ1) is 11.9. The molecule has 0 spiro atoms. The quantitative estimate of drug-likeness (QED) is 0.555. The molecule has 2 N–H and O–H groups in total. The van der Waals surface area contributed by atoms with Gasteiger partial charge in [0.15, 0.2) is 0 Å². The van der Waals surface area contributed by atoms with E-state index in [0.29, 0.717) is 6.54 Å². The van der Waals surface area contributed by atoms with Crippen molar-refractivity contribution in [2.75, 3.05) is 13.2 Å². The fourth-order valence-corrected chi connectivity index (χ4v) is 0.789. The number of alkyl halides is 1. The maximum Gasteiger partial charge on any atom is 0.236 e. The summed E-state index contributed by atoms with van der Waals surface area (Å²) in [6.07, 6.45) is 1.56. The van der Waals surface area contributed by atoms with Gasteiger partial charge in [-0.3, -0.25) is 4.79 Å². The van der Waals surface area contributed by atoms with Gasteiger partial charge in [0, 0.05) is 13.2 Å².